The standard InChI is InChI=1S/C18H21ClN4O2/c1-2-10-20-17(24)15-14-5-3-4-11-23(14)16(22-15)18(25)21-13-8-6-12(19)7-9-13/h6-9H,2-5,10-11H2,1H3,(H,20,24)(H,21,25). The van der Waals surface area contributed by atoms with Crippen LogP contribution in [0.1, 0.15) is 53.0 Å². The van der Waals surface area contributed by atoms with Crippen LogP contribution in [0.4, 0.5) is 5.69 Å². The highest BCUT2D eigenvalue weighted by Gasteiger charge is 2.27. The summed E-state index contributed by atoms with van der Waals surface area (Å²) in [5.41, 5.74) is 1.86. The Hall–Kier alpha value is -2.34. The molecule has 2 heterocycles. The molecule has 2 N–H and O–H groups in total. The van der Waals surface area contributed by atoms with Gasteiger partial charge in [-0.25, -0.2) is 4.98 Å². The van der Waals surface area contributed by atoms with Crippen molar-refractivity contribution in [3.05, 3.63) is 46.5 Å². The second kappa shape index (κ2) is 7.70. The number of carbonyl (C=O) groups excluding carboxylic acids is 2. The summed E-state index contributed by atoms with van der Waals surface area (Å²) in [5.74, 6) is -0.246. The van der Waals surface area contributed by atoms with Crippen LogP contribution in [0.15, 0.2) is 24.3 Å². The maximum absolute atomic E-state index is 12.7. The van der Waals surface area contributed by atoms with Crippen molar-refractivity contribution in [3.8, 4) is 0 Å². The van der Waals surface area contributed by atoms with Gasteiger partial charge in [0.15, 0.2) is 5.82 Å². The van der Waals surface area contributed by atoms with Crippen LogP contribution >= 0.6 is 11.6 Å². The number of benzene rings is 1. The molecule has 2 aromatic rings. The summed E-state index contributed by atoms with van der Waals surface area (Å²) < 4.78 is 1.87. The van der Waals surface area contributed by atoms with Crippen LogP contribution in [0, 0.1) is 0 Å². The molecule has 1 aromatic heterocycles. The van der Waals surface area contributed by atoms with E-state index in [0.29, 0.717) is 29.5 Å². The molecule has 6 nitrogen and oxygen atoms in total. The summed E-state index contributed by atoms with van der Waals surface area (Å²) in [5, 5.41) is 6.27. The summed E-state index contributed by atoms with van der Waals surface area (Å²) in [6.07, 6.45) is 3.58. The van der Waals surface area contributed by atoms with Crippen molar-refractivity contribution in [1.29, 1.82) is 0 Å². The summed E-state index contributed by atoms with van der Waals surface area (Å²) in [6, 6.07) is 6.88. The first kappa shape index (κ1) is 17.5. The van der Waals surface area contributed by atoms with Crippen LogP contribution in [0.3, 0.4) is 0 Å². The van der Waals surface area contributed by atoms with Crippen LogP contribution in [0.5, 0.6) is 0 Å². The molecule has 0 aliphatic carbocycles. The van der Waals surface area contributed by atoms with Crippen molar-refractivity contribution >= 4 is 29.1 Å². The Morgan fingerprint density at radius 3 is 2.68 bits per heavy atom. The number of amides is 2. The molecule has 3 rings (SSSR count). The van der Waals surface area contributed by atoms with Crippen LogP contribution in [0.2, 0.25) is 5.02 Å². The van der Waals surface area contributed by atoms with Crippen LogP contribution in [-0.2, 0) is 13.0 Å². The fourth-order valence-corrected chi connectivity index (χ4v) is 3.07. The van der Waals surface area contributed by atoms with Crippen molar-refractivity contribution in [2.75, 3.05) is 11.9 Å². The van der Waals surface area contributed by atoms with Crippen LogP contribution in [0.25, 0.3) is 0 Å². The molecule has 0 saturated carbocycles. The minimum atomic E-state index is -0.319. The molecular weight excluding hydrogens is 340 g/mol. The summed E-state index contributed by atoms with van der Waals surface area (Å²) >= 11 is 5.87. The predicted octanol–water partition coefficient (Wildman–Crippen LogP) is 3.26. The lowest BCUT2D eigenvalue weighted by atomic mass is 10.1. The normalized spacial score (nSPS) is 13.2. The van der Waals surface area contributed by atoms with Crippen LogP contribution in [-0.4, -0.2) is 27.9 Å². The Morgan fingerprint density at radius 1 is 1.20 bits per heavy atom. The first-order chi connectivity index (χ1) is 12.1. The number of anilines is 1. The van der Waals surface area contributed by atoms with E-state index in [2.05, 4.69) is 15.6 Å². The predicted molar refractivity (Wildman–Crippen MR) is 97.2 cm³/mol. The Morgan fingerprint density at radius 2 is 1.96 bits per heavy atom. The average molecular weight is 361 g/mol. The topological polar surface area (TPSA) is 76.0 Å². The number of hydrogen-bond acceptors (Lipinski definition) is 3. The Bertz CT molecular complexity index is 783. The van der Waals surface area contributed by atoms with Gasteiger partial charge in [0.2, 0.25) is 0 Å². The number of nitrogens with zero attached hydrogens (tertiary/aromatic N) is 2. The third-order valence-corrected chi connectivity index (χ3v) is 4.43. The highest BCUT2D eigenvalue weighted by atomic mass is 35.5. The molecule has 132 valence electrons. The Kier molecular flexibility index (Phi) is 5.38. The number of nitrogens with one attached hydrogen (secondary N) is 2. The zero-order chi connectivity index (χ0) is 17.8. The third-order valence-electron chi connectivity index (χ3n) is 4.17. The van der Waals surface area contributed by atoms with E-state index < -0.39 is 0 Å². The lowest BCUT2D eigenvalue weighted by Crippen LogP contribution is -2.26. The molecule has 7 heteroatoms. The van der Waals surface area contributed by atoms with E-state index in [-0.39, 0.29) is 17.6 Å². The van der Waals surface area contributed by atoms with Gasteiger partial charge in [0.1, 0.15) is 5.69 Å². The fraction of sp³-hybridized carbons (Fsp3) is 0.389. The summed E-state index contributed by atoms with van der Waals surface area (Å²) in [7, 11) is 0. The van der Waals surface area contributed by atoms with Gasteiger partial charge in [-0.05, 0) is 49.9 Å². The molecule has 0 spiro atoms. The van der Waals surface area contributed by atoms with Gasteiger partial charge < -0.3 is 15.2 Å². The number of halogens is 1. The highest BCUT2D eigenvalue weighted by Crippen LogP contribution is 2.22. The molecule has 0 unspecified atom stereocenters. The minimum Gasteiger partial charge on any atom is -0.351 e. The minimum absolute atomic E-state index is 0.210. The monoisotopic (exact) mass is 360 g/mol. The number of fused-ring (bicyclic) bond motifs is 1. The van der Waals surface area contributed by atoms with Crippen molar-refractivity contribution in [3.63, 3.8) is 0 Å². The maximum Gasteiger partial charge on any atom is 0.291 e. The highest BCUT2D eigenvalue weighted by molar-refractivity contribution is 6.30. The van der Waals surface area contributed by atoms with Crippen molar-refractivity contribution in [1.82, 2.24) is 14.9 Å². The second-order valence-electron chi connectivity index (χ2n) is 6.06. The zero-order valence-corrected chi connectivity index (χ0v) is 14.9. The number of imidazole rings is 1. The smallest absolute Gasteiger partial charge is 0.291 e. The number of carbonyl (C=O) groups is 2. The Balaban J connectivity index is 1.87. The molecule has 1 aliphatic heterocycles. The Labute approximate surface area is 151 Å². The van der Waals surface area contributed by atoms with E-state index in [1.165, 1.54) is 0 Å². The molecule has 0 bridgehead atoms. The van der Waals surface area contributed by atoms with Gasteiger partial charge in [-0.2, -0.15) is 0 Å². The summed E-state index contributed by atoms with van der Waals surface area (Å²) in [6.45, 7) is 3.29. The molecule has 25 heavy (non-hydrogen) atoms. The first-order valence-electron chi connectivity index (χ1n) is 8.54. The molecule has 1 aliphatic rings. The van der Waals surface area contributed by atoms with E-state index in [0.717, 1.165) is 31.4 Å². The SMILES string of the molecule is CCCNC(=O)c1nc(C(=O)Nc2ccc(Cl)cc2)n2c1CCCC2. The van der Waals surface area contributed by atoms with Crippen molar-refractivity contribution in [2.24, 2.45) is 0 Å². The third kappa shape index (κ3) is 3.85. The number of hydrogen-bond donors (Lipinski definition) is 2. The van der Waals surface area contributed by atoms with Crippen LogP contribution < -0.4 is 10.6 Å². The van der Waals surface area contributed by atoms with E-state index >= 15 is 0 Å². The van der Waals surface area contributed by atoms with Gasteiger partial charge in [0.25, 0.3) is 11.8 Å². The number of aromatic nitrogens is 2. The van der Waals surface area contributed by atoms with E-state index in [1.54, 1.807) is 24.3 Å². The van der Waals surface area contributed by atoms with E-state index in [9.17, 15) is 9.59 Å². The van der Waals surface area contributed by atoms with Crippen molar-refractivity contribution in [2.45, 2.75) is 39.2 Å². The molecule has 0 radical (unpaired) electrons. The lowest BCUT2D eigenvalue weighted by Gasteiger charge is -2.17. The molecule has 0 atom stereocenters. The second-order valence-corrected chi connectivity index (χ2v) is 6.49. The van der Waals surface area contributed by atoms with Gasteiger partial charge in [0, 0.05) is 23.8 Å². The van der Waals surface area contributed by atoms with Crippen molar-refractivity contribution < 1.29 is 9.59 Å². The summed E-state index contributed by atoms with van der Waals surface area (Å²) in [4.78, 5) is 29.4. The van der Waals surface area contributed by atoms with E-state index in [1.807, 2.05) is 11.5 Å². The maximum atomic E-state index is 12.7. The van der Waals surface area contributed by atoms with E-state index in [4.69, 9.17) is 11.6 Å². The van der Waals surface area contributed by atoms with Gasteiger partial charge >= 0.3 is 0 Å². The average Bonchev–Trinajstić information content (AvgIpc) is 3.01. The zero-order valence-electron chi connectivity index (χ0n) is 14.1. The molecular formula is C18H21ClN4O2. The molecule has 0 fully saturated rings. The molecule has 2 amide bonds. The lowest BCUT2D eigenvalue weighted by molar-refractivity contribution is 0.0947. The fourth-order valence-electron chi connectivity index (χ4n) is 2.94. The van der Waals surface area contributed by atoms with Gasteiger partial charge in [0.05, 0.1) is 5.69 Å². The largest absolute Gasteiger partial charge is 0.351 e. The first-order valence-corrected chi connectivity index (χ1v) is 8.92. The number of rotatable bonds is 5. The van der Waals surface area contributed by atoms with Gasteiger partial charge in [-0.1, -0.05) is 18.5 Å². The molecule has 1 aromatic carbocycles. The quantitative estimate of drug-likeness (QED) is 0.859. The van der Waals surface area contributed by atoms with Gasteiger partial charge in [-0.3, -0.25) is 9.59 Å². The molecule has 0 saturated heterocycles. The van der Waals surface area contributed by atoms with Gasteiger partial charge in [-0.15, -0.1) is 0 Å².